The normalized spacial score (nSPS) is 31.7. The second kappa shape index (κ2) is 5.76. The standard InChI is InChI=1S/C15H23NO3/c1-3-7-16(8-4-2)14(17)12-10-5-6-11(9-10)13(12)15(18)19/h5-6,10-13H,3-4,7-9H2,1-2H3,(H,18,19)/t10-,11-,12+,13+/m0/s1. The molecule has 2 aliphatic carbocycles. The summed E-state index contributed by atoms with van der Waals surface area (Å²) in [6.07, 6.45) is 6.69. The fraction of sp³-hybridized carbons (Fsp3) is 0.733. The predicted molar refractivity (Wildman–Crippen MR) is 72.5 cm³/mol. The molecule has 1 amide bonds. The molecule has 0 unspecified atom stereocenters. The number of amides is 1. The van der Waals surface area contributed by atoms with Gasteiger partial charge in [-0.25, -0.2) is 0 Å². The lowest BCUT2D eigenvalue weighted by Gasteiger charge is -2.30. The monoisotopic (exact) mass is 265 g/mol. The van der Waals surface area contributed by atoms with Crippen LogP contribution in [0.15, 0.2) is 12.2 Å². The van der Waals surface area contributed by atoms with Gasteiger partial charge in [-0.2, -0.15) is 0 Å². The molecule has 19 heavy (non-hydrogen) atoms. The van der Waals surface area contributed by atoms with Gasteiger partial charge in [0.25, 0.3) is 0 Å². The van der Waals surface area contributed by atoms with Crippen LogP contribution in [0.1, 0.15) is 33.1 Å². The molecule has 0 aromatic carbocycles. The highest BCUT2D eigenvalue weighted by molar-refractivity contribution is 5.87. The van der Waals surface area contributed by atoms with Crippen molar-refractivity contribution in [3.05, 3.63) is 12.2 Å². The Hall–Kier alpha value is -1.32. The first-order chi connectivity index (χ1) is 9.10. The van der Waals surface area contributed by atoms with Crippen LogP contribution in [0.3, 0.4) is 0 Å². The maximum Gasteiger partial charge on any atom is 0.307 e. The van der Waals surface area contributed by atoms with E-state index in [-0.39, 0.29) is 23.7 Å². The summed E-state index contributed by atoms with van der Waals surface area (Å²) in [5, 5.41) is 9.39. The topological polar surface area (TPSA) is 57.6 Å². The van der Waals surface area contributed by atoms with Crippen molar-refractivity contribution in [1.82, 2.24) is 4.90 Å². The molecule has 0 saturated heterocycles. The molecule has 0 aromatic heterocycles. The van der Waals surface area contributed by atoms with Gasteiger partial charge >= 0.3 is 5.97 Å². The minimum absolute atomic E-state index is 0.0490. The number of hydrogen-bond acceptors (Lipinski definition) is 2. The highest BCUT2D eigenvalue weighted by atomic mass is 16.4. The fourth-order valence-electron chi connectivity index (χ4n) is 3.58. The van der Waals surface area contributed by atoms with Crippen molar-refractivity contribution in [1.29, 1.82) is 0 Å². The van der Waals surface area contributed by atoms with Gasteiger partial charge in [-0.1, -0.05) is 26.0 Å². The number of rotatable bonds is 6. The van der Waals surface area contributed by atoms with E-state index in [2.05, 4.69) is 0 Å². The highest BCUT2D eigenvalue weighted by Crippen LogP contribution is 2.48. The van der Waals surface area contributed by atoms with E-state index in [1.165, 1.54) is 0 Å². The molecular formula is C15H23NO3. The molecule has 1 fully saturated rings. The average molecular weight is 265 g/mol. The van der Waals surface area contributed by atoms with Gasteiger partial charge in [-0.3, -0.25) is 9.59 Å². The Kier molecular flexibility index (Phi) is 4.27. The maximum atomic E-state index is 12.7. The molecule has 0 aromatic rings. The first kappa shape index (κ1) is 14.1. The largest absolute Gasteiger partial charge is 0.481 e. The van der Waals surface area contributed by atoms with Crippen LogP contribution < -0.4 is 0 Å². The van der Waals surface area contributed by atoms with Gasteiger partial charge in [-0.15, -0.1) is 0 Å². The number of allylic oxidation sites excluding steroid dienone is 2. The molecular weight excluding hydrogens is 242 g/mol. The molecule has 0 radical (unpaired) electrons. The van der Waals surface area contributed by atoms with Gasteiger partial charge in [0.15, 0.2) is 0 Å². The third-order valence-corrected chi connectivity index (χ3v) is 4.33. The van der Waals surface area contributed by atoms with E-state index in [1.807, 2.05) is 30.9 Å². The Balaban J connectivity index is 2.16. The summed E-state index contributed by atoms with van der Waals surface area (Å²) in [4.78, 5) is 26.0. The molecule has 2 aliphatic rings. The first-order valence-electron chi connectivity index (χ1n) is 7.30. The van der Waals surface area contributed by atoms with Crippen molar-refractivity contribution >= 4 is 11.9 Å². The van der Waals surface area contributed by atoms with Crippen LogP contribution in [0.4, 0.5) is 0 Å². The lowest BCUT2D eigenvalue weighted by Crippen LogP contribution is -2.43. The van der Waals surface area contributed by atoms with Crippen LogP contribution in [0.25, 0.3) is 0 Å². The summed E-state index contributed by atoms with van der Waals surface area (Å²) >= 11 is 0. The van der Waals surface area contributed by atoms with E-state index >= 15 is 0 Å². The van der Waals surface area contributed by atoms with Crippen molar-refractivity contribution < 1.29 is 14.7 Å². The average Bonchev–Trinajstić information content (AvgIpc) is 2.97. The van der Waals surface area contributed by atoms with E-state index in [0.29, 0.717) is 0 Å². The maximum absolute atomic E-state index is 12.7. The molecule has 1 saturated carbocycles. The number of hydrogen-bond donors (Lipinski definition) is 1. The second-order valence-electron chi connectivity index (χ2n) is 5.66. The van der Waals surface area contributed by atoms with Crippen molar-refractivity contribution in [2.24, 2.45) is 23.7 Å². The van der Waals surface area contributed by atoms with Gasteiger partial charge in [0.2, 0.25) is 5.91 Å². The zero-order valence-corrected chi connectivity index (χ0v) is 11.7. The van der Waals surface area contributed by atoms with Crippen molar-refractivity contribution in [3.63, 3.8) is 0 Å². The Morgan fingerprint density at radius 3 is 2.11 bits per heavy atom. The number of nitrogens with zero attached hydrogens (tertiary/aromatic N) is 1. The van der Waals surface area contributed by atoms with Gasteiger partial charge in [-0.05, 0) is 31.1 Å². The number of aliphatic carboxylic acids is 1. The van der Waals surface area contributed by atoms with E-state index < -0.39 is 11.9 Å². The third-order valence-electron chi connectivity index (χ3n) is 4.33. The van der Waals surface area contributed by atoms with E-state index in [0.717, 1.165) is 32.4 Å². The Morgan fingerprint density at radius 1 is 1.11 bits per heavy atom. The molecule has 4 atom stereocenters. The first-order valence-corrected chi connectivity index (χ1v) is 7.30. The van der Waals surface area contributed by atoms with Gasteiger partial charge in [0.1, 0.15) is 0 Å². The van der Waals surface area contributed by atoms with Crippen molar-refractivity contribution in [3.8, 4) is 0 Å². The highest BCUT2D eigenvalue weighted by Gasteiger charge is 2.52. The van der Waals surface area contributed by atoms with Crippen LogP contribution >= 0.6 is 0 Å². The van der Waals surface area contributed by atoms with Crippen LogP contribution in [-0.4, -0.2) is 35.0 Å². The minimum Gasteiger partial charge on any atom is -0.481 e. The molecule has 1 N–H and O–H groups in total. The summed E-state index contributed by atoms with van der Waals surface area (Å²) < 4.78 is 0. The number of carbonyl (C=O) groups is 2. The number of carboxylic acid groups (broad SMARTS) is 1. The molecule has 2 bridgehead atoms. The molecule has 2 rings (SSSR count). The molecule has 106 valence electrons. The molecule has 0 aliphatic heterocycles. The SMILES string of the molecule is CCCN(CCC)C(=O)[C@H]1[C@H](C(=O)O)[C@H]2C=C[C@H]1C2. The summed E-state index contributed by atoms with van der Waals surface area (Å²) in [5.74, 6) is -1.43. The lowest BCUT2D eigenvalue weighted by molar-refractivity contribution is -0.151. The van der Waals surface area contributed by atoms with Crippen LogP contribution in [0.2, 0.25) is 0 Å². The van der Waals surface area contributed by atoms with E-state index in [9.17, 15) is 14.7 Å². The van der Waals surface area contributed by atoms with Gasteiger partial charge in [0.05, 0.1) is 11.8 Å². The number of carboxylic acids is 1. The summed E-state index contributed by atoms with van der Waals surface area (Å²) in [6, 6.07) is 0. The summed E-state index contributed by atoms with van der Waals surface area (Å²) in [7, 11) is 0. The Bertz CT molecular complexity index is 385. The number of fused-ring (bicyclic) bond motifs is 2. The van der Waals surface area contributed by atoms with Crippen LogP contribution in [0, 0.1) is 23.7 Å². The van der Waals surface area contributed by atoms with Crippen molar-refractivity contribution in [2.75, 3.05) is 13.1 Å². The van der Waals surface area contributed by atoms with Crippen molar-refractivity contribution in [2.45, 2.75) is 33.1 Å². The molecule has 0 heterocycles. The number of carbonyl (C=O) groups excluding carboxylic acids is 1. The minimum atomic E-state index is -0.817. The van der Waals surface area contributed by atoms with Crippen LogP contribution in [-0.2, 0) is 9.59 Å². The predicted octanol–water partition coefficient (Wildman–Crippen LogP) is 2.16. The molecule has 4 nitrogen and oxygen atoms in total. The Morgan fingerprint density at radius 2 is 1.63 bits per heavy atom. The van der Waals surface area contributed by atoms with E-state index in [1.54, 1.807) is 0 Å². The lowest BCUT2D eigenvalue weighted by atomic mass is 9.82. The van der Waals surface area contributed by atoms with E-state index in [4.69, 9.17) is 0 Å². The quantitative estimate of drug-likeness (QED) is 0.749. The van der Waals surface area contributed by atoms with Crippen LogP contribution in [0.5, 0.6) is 0 Å². The summed E-state index contributed by atoms with van der Waals surface area (Å²) in [6.45, 7) is 5.56. The smallest absolute Gasteiger partial charge is 0.307 e. The zero-order chi connectivity index (χ0) is 14.0. The molecule has 4 heteroatoms. The van der Waals surface area contributed by atoms with Gasteiger partial charge < -0.3 is 10.0 Å². The third kappa shape index (κ3) is 2.53. The molecule has 0 spiro atoms. The zero-order valence-electron chi connectivity index (χ0n) is 11.7. The Labute approximate surface area is 114 Å². The second-order valence-corrected chi connectivity index (χ2v) is 5.66. The fourth-order valence-corrected chi connectivity index (χ4v) is 3.58. The van der Waals surface area contributed by atoms with Gasteiger partial charge in [0, 0.05) is 13.1 Å². The summed E-state index contributed by atoms with van der Waals surface area (Å²) in [5.41, 5.74) is 0.